The lowest BCUT2D eigenvalue weighted by atomic mass is 10.3. The number of aromatic nitrogens is 2. The topological polar surface area (TPSA) is 29.9 Å². The molecule has 0 radical (unpaired) electrons. The molecule has 72 valence electrons. The summed E-state index contributed by atoms with van der Waals surface area (Å²) in [6.45, 7) is 5.47. The second kappa shape index (κ2) is 3.05. The van der Waals surface area contributed by atoms with Crippen molar-refractivity contribution in [1.29, 1.82) is 0 Å². The van der Waals surface area contributed by atoms with Gasteiger partial charge in [0, 0.05) is 19.8 Å². The standard InChI is InChI=1S/C10H17N3/c1-7-4-9(7)6-13-5-8(2)12-10(13)11-3/h5,7,9H,4,6H2,1-3H3,(H,11,12). The lowest BCUT2D eigenvalue weighted by Crippen LogP contribution is -2.04. The van der Waals surface area contributed by atoms with Gasteiger partial charge in [0.25, 0.3) is 0 Å². The van der Waals surface area contributed by atoms with Crippen molar-refractivity contribution in [2.45, 2.75) is 26.8 Å². The fourth-order valence-electron chi connectivity index (χ4n) is 1.79. The number of aryl methyl sites for hydroxylation is 1. The van der Waals surface area contributed by atoms with E-state index in [1.165, 1.54) is 6.42 Å². The van der Waals surface area contributed by atoms with E-state index in [0.717, 1.165) is 30.0 Å². The Balaban J connectivity index is 2.09. The summed E-state index contributed by atoms with van der Waals surface area (Å²) < 4.78 is 2.23. The molecule has 13 heavy (non-hydrogen) atoms. The Morgan fingerprint density at radius 2 is 2.38 bits per heavy atom. The van der Waals surface area contributed by atoms with Crippen LogP contribution in [0.1, 0.15) is 19.0 Å². The first-order valence-corrected chi connectivity index (χ1v) is 4.92. The van der Waals surface area contributed by atoms with E-state index in [2.05, 4.69) is 28.0 Å². The first-order chi connectivity index (χ1) is 6.20. The zero-order valence-electron chi connectivity index (χ0n) is 8.54. The van der Waals surface area contributed by atoms with Crippen LogP contribution in [0.5, 0.6) is 0 Å². The lowest BCUT2D eigenvalue weighted by molar-refractivity contribution is 0.598. The molecule has 1 saturated carbocycles. The predicted molar refractivity (Wildman–Crippen MR) is 53.8 cm³/mol. The van der Waals surface area contributed by atoms with Crippen molar-refractivity contribution >= 4 is 5.95 Å². The third-order valence-electron chi connectivity index (χ3n) is 2.83. The van der Waals surface area contributed by atoms with Crippen LogP contribution >= 0.6 is 0 Å². The summed E-state index contributed by atoms with van der Waals surface area (Å²) in [7, 11) is 1.93. The Hall–Kier alpha value is -0.990. The number of hydrogen-bond acceptors (Lipinski definition) is 2. The third kappa shape index (κ3) is 1.69. The van der Waals surface area contributed by atoms with Gasteiger partial charge in [-0.1, -0.05) is 6.92 Å². The fraction of sp³-hybridized carbons (Fsp3) is 0.700. The van der Waals surface area contributed by atoms with Gasteiger partial charge in [0.1, 0.15) is 0 Å². The molecule has 2 unspecified atom stereocenters. The maximum absolute atomic E-state index is 4.39. The number of imidazole rings is 1. The molecule has 1 N–H and O–H groups in total. The Bertz CT molecular complexity index is 303. The molecule has 0 amide bonds. The van der Waals surface area contributed by atoms with E-state index >= 15 is 0 Å². The highest BCUT2D eigenvalue weighted by molar-refractivity contribution is 5.27. The van der Waals surface area contributed by atoms with Gasteiger partial charge in [-0.25, -0.2) is 4.98 Å². The second-order valence-electron chi connectivity index (χ2n) is 4.08. The molecule has 1 aliphatic carbocycles. The summed E-state index contributed by atoms with van der Waals surface area (Å²) in [5.41, 5.74) is 1.10. The number of nitrogens with zero attached hydrogens (tertiary/aromatic N) is 2. The van der Waals surface area contributed by atoms with E-state index in [1.54, 1.807) is 0 Å². The summed E-state index contributed by atoms with van der Waals surface area (Å²) in [4.78, 5) is 4.39. The van der Waals surface area contributed by atoms with E-state index in [9.17, 15) is 0 Å². The van der Waals surface area contributed by atoms with Crippen LogP contribution in [0, 0.1) is 18.8 Å². The smallest absolute Gasteiger partial charge is 0.202 e. The molecule has 1 heterocycles. The Kier molecular flexibility index (Phi) is 2.02. The van der Waals surface area contributed by atoms with Gasteiger partial charge in [-0.15, -0.1) is 0 Å². The predicted octanol–water partition coefficient (Wildman–Crippen LogP) is 1.89. The Morgan fingerprint density at radius 1 is 1.69 bits per heavy atom. The van der Waals surface area contributed by atoms with Gasteiger partial charge in [-0.2, -0.15) is 0 Å². The molecule has 1 aromatic heterocycles. The van der Waals surface area contributed by atoms with Crippen LogP contribution in [0.4, 0.5) is 5.95 Å². The normalized spacial score (nSPS) is 26.1. The van der Waals surface area contributed by atoms with Crippen molar-refractivity contribution in [3.8, 4) is 0 Å². The van der Waals surface area contributed by atoms with Crippen LogP contribution in [-0.4, -0.2) is 16.6 Å². The molecule has 2 atom stereocenters. The van der Waals surface area contributed by atoms with E-state index in [0.29, 0.717) is 0 Å². The van der Waals surface area contributed by atoms with E-state index in [4.69, 9.17) is 0 Å². The SMILES string of the molecule is CNc1nc(C)cn1CC1CC1C. The quantitative estimate of drug-likeness (QED) is 0.768. The van der Waals surface area contributed by atoms with E-state index < -0.39 is 0 Å². The van der Waals surface area contributed by atoms with Gasteiger partial charge in [0.15, 0.2) is 0 Å². The number of nitrogens with one attached hydrogen (secondary N) is 1. The molecular weight excluding hydrogens is 162 g/mol. The molecule has 1 aromatic rings. The average Bonchev–Trinajstić information content (AvgIpc) is 2.62. The molecular formula is C10H17N3. The minimum atomic E-state index is 0.876. The fourth-order valence-corrected chi connectivity index (χ4v) is 1.79. The van der Waals surface area contributed by atoms with Gasteiger partial charge in [0.05, 0.1) is 5.69 Å². The average molecular weight is 179 g/mol. The molecule has 0 bridgehead atoms. The minimum Gasteiger partial charge on any atom is -0.359 e. The molecule has 0 spiro atoms. The maximum atomic E-state index is 4.39. The first kappa shape index (κ1) is 8.60. The molecule has 0 aromatic carbocycles. The largest absolute Gasteiger partial charge is 0.359 e. The molecule has 2 rings (SSSR count). The second-order valence-corrected chi connectivity index (χ2v) is 4.08. The summed E-state index contributed by atoms with van der Waals surface area (Å²) in [5.74, 6) is 2.78. The van der Waals surface area contributed by atoms with E-state index in [-0.39, 0.29) is 0 Å². The van der Waals surface area contributed by atoms with Crippen LogP contribution < -0.4 is 5.32 Å². The van der Waals surface area contributed by atoms with Crippen molar-refractivity contribution in [3.05, 3.63) is 11.9 Å². The highest BCUT2D eigenvalue weighted by Crippen LogP contribution is 2.39. The number of rotatable bonds is 3. The summed E-state index contributed by atoms with van der Waals surface area (Å²) >= 11 is 0. The van der Waals surface area contributed by atoms with Crippen LogP contribution in [0.3, 0.4) is 0 Å². The summed E-state index contributed by atoms with van der Waals surface area (Å²) in [6, 6.07) is 0. The summed E-state index contributed by atoms with van der Waals surface area (Å²) in [5, 5.41) is 3.12. The van der Waals surface area contributed by atoms with Crippen LogP contribution in [0.15, 0.2) is 6.20 Å². The molecule has 3 heteroatoms. The minimum absolute atomic E-state index is 0.876. The monoisotopic (exact) mass is 179 g/mol. The van der Waals surface area contributed by atoms with Gasteiger partial charge in [-0.05, 0) is 25.2 Å². The molecule has 3 nitrogen and oxygen atoms in total. The Labute approximate surface area is 79.2 Å². The maximum Gasteiger partial charge on any atom is 0.202 e. The molecule has 0 aliphatic heterocycles. The highest BCUT2D eigenvalue weighted by Gasteiger charge is 2.32. The van der Waals surface area contributed by atoms with Crippen LogP contribution in [0.25, 0.3) is 0 Å². The van der Waals surface area contributed by atoms with E-state index in [1.807, 2.05) is 14.0 Å². The number of anilines is 1. The zero-order chi connectivity index (χ0) is 9.42. The Morgan fingerprint density at radius 3 is 2.92 bits per heavy atom. The van der Waals surface area contributed by atoms with Crippen molar-refractivity contribution < 1.29 is 0 Å². The molecule has 0 saturated heterocycles. The van der Waals surface area contributed by atoms with Gasteiger partial charge in [-0.3, -0.25) is 0 Å². The van der Waals surface area contributed by atoms with Crippen molar-refractivity contribution in [3.63, 3.8) is 0 Å². The third-order valence-corrected chi connectivity index (χ3v) is 2.83. The van der Waals surface area contributed by atoms with Crippen LogP contribution in [0.2, 0.25) is 0 Å². The van der Waals surface area contributed by atoms with Gasteiger partial charge < -0.3 is 9.88 Å². The van der Waals surface area contributed by atoms with Crippen molar-refractivity contribution in [2.24, 2.45) is 11.8 Å². The molecule has 1 fully saturated rings. The van der Waals surface area contributed by atoms with Crippen molar-refractivity contribution in [1.82, 2.24) is 9.55 Å². The summed E-state index contributed by atoms with van der Waals surface area (Å²) in [6.07, 6.45) is 3.50. The van der Waals surface area contributed by atoms with Gasteiger partial charge in [0.2, 0.25) is 5.95 Å². The zero-order valence-corrected chi connectivity index (χ0v) is 8.54. The molecule has 1 aliphatic rings. The van der Waals surface area contributed by atoms with Crippen molar-refractivity contribution in [2.75, 3.05) is 12.4 Å². The first-order valence-electron chi connectivity index (χ1n) is 4.92. The number of hydrogen-bond donors (Lipinski definition) is 1. The van der Waals surface area contributed by atoms with Gasteiger partial charge >= 0.3 is 0 Å². The lowest BCUT2D eigenvalue weighted by Gasteiger charge is -2.05. The van der Waals surface area contributed by atoms with Crippen LogP contribution in [-0.2, 0) is 6.54 Å². The highest BCUT2D eigenvalue weighted by atomic mass is 15.2.